The van der Waals surface area contributed by atoms with Crippen LogP contribution in [-0.4, -0.2) is 61.4 Å². The number of nitrogens with zero attached hydrogens (tertiary/aromatic N) is 2. The van der Waals surface area contributed by atoms with E-state index in [1.807, 2.05) is 6.07 Å². The van der Waals surface area contributed by atoms with Gasteiger partial charge in [0.1, 0.15) is 28.7 Å². The van der Waals surface area contributed by atoms with Crippen LogP contribution < -0.4 is 25.2 Å². The summed E-state index contributed by atoms with van der Waals surface area (Å²) in [5, 5.41) is 13.2. The smallest absolute Gasteiger partial charge is 0.407 e. The van der Waals surface area contributed by atoms with E-state index in [1.54, 1.807) is 81.4 Å². The molecule has 0 aliphatic rings. The molecule has 2 aromatic heterocycles. The number of alkyl carbamates (subject to hydrolysis) is 1. The molecule has 0 aliphatic heterocycles. The summed E-state index contributed by atoms with van der Waals surface area (Å²) in [6, 6.07) is 21.5. The van der Waals surface area contributed by atoms with E-state index in [-0.39, 0.29) is 46.6 Å². The number of carbonyl (C=O) groups is 2. The van der Waals surface area contributed by atoms with E-state index < -0.39 is 27.7 Å². The molecule has 13 nitrogen and oxygen atoms in total. The van der Waals surface area contributed by atoms with Gasteiger partial charge in [0, 0.05) is 28.8 Å². The van der Waals surface area contributed by atoms with Gasteiger partial charge in [-0.3, -0.25) is 4.72 Å². The number of sulfonamides is 1. The number of pyridine rings is 2. The van der Waals surface area contributed by atoms with Gasteiger partial charge in [-0.2, -0.15) is 0 Å². The lowest BCUT2D eigenvalue weighted by Gasteiger charge is -2.19. The Bertz CT molecular complexity index is 2130. The maximum Gasteiger partial charge on any atom is 0.407 e. The number of carboxylic acids is 1. The van der Waals surface area contributed by atoms with Crippen LogP contribution in [0.4, 0.5) is 16.3 Å². The number of hydrogen-bond acceptors (Lipinski definition) is 10. The summed E-state index contributed by atoms with van der Waals surface area (Å²) >= 11 is 0. The molecular weight excluding hydrogens is 650 g/mol. The van der Waals surface area contributed by atoms with Crippen molar-refractivity contribution in [3.63, 3.8) is 0 Å². The summed E-state index contributed by atoms with van der Waals surface area (Å²) in [5.74, 6) is -0.911. The van der Waals surface area contributed by atoms with Gasteiger partial charge in [-0.1, -0.05) is 42.5 Å². The third-order valence-electron chi connectivity index (χ3n) is 7.05. The minimum atomic E-state index is -4.26. The van der Waals surface area contributed by atoms with Crippen molar-refractivity contribution in [2.24, 2.45) is 0 Å². The monoisotopic (exact) mass is 685 g/mol. The largest absolute Gasteiger partial charge is 0.492 e. The number of nitrogens with two attached hydrogens (primary N) is 1. The van der Waals surface area contributed by atoms with Crippen LogP contribution in [-0.2, 0) is 14.8 Å². The topological polar surface area (TPSA) is 192 Å². The highest BCUT2D eigenvalue weighted by Crippen LogP contribution is 2.37. The van der Waals surface area contributed by atoms with Crippen molar-refractivity contribution < 1.29 is 37.3 Å². The lowest BCUT2D eigenvalue weighted by molar-refractivity contribution is 0.0519. The zero-order chi connectivity index (χ0) is 35.3. The number of benzene rings is 3. The molecule has 254 valence electrons. The minimum absolute atomic E-state index is 0.0331. The van der Waals surface area contributed by atoms with Crippen LogP contribution in [0.2, 0.25) is 0 Å². The highest BCUT2D eigenvalue weighted by atomic mass is 32.2. The van der Waals surface area contributed by atoms with Crippen LogP contribution in [0.5, 0.6) is 11.6 Å². The van der Waals surface area contributed by atoms with Crippen molar-refractivity contribution in [3.05, 3.63) is 90.6 Å². The molecule has 49 heavy (non-hydrogen) atoms. The number of methoxy groups -OCH3 is 1. The van der Waals surface area contributed by atoms with E-state index in [4.69, 9.17) is 19.9 Å². The normalized spacial score (nSPS) is 11.5. The molecule has 5 rings (SSSR count). The molecule has 0 aliphatic carbocycles. The van der Waals surface area contributed by atoms with E-state index >= 15 is 0 Å². The van der Waals surface area contributed by atoms with Gasteiger partial charge in [0.05, 0.1) is 30.4 Å². The average Bonchev–Trinajstić information content (AvgIpc) is 3.05. The number of rotatable bonds is 11. The van der Waals surface area contributed by atoms with Gasteiger partial charge in [0.15, 0.2) is 0 Å². The van der Waals surface area contributed by atoms with E-state index in [0.29, 0.717) is 33.3 Å². The first-order valence-electron chi connectivity index (χ1n) is 15.0. The Morgan fingerprint density at radius 2 is 1.69 bits per heavy atom. The lowest BCUT2D eigenvalue weighted by Crippen LogP contribution is -2.34. The number of aromatic nitrogens is 2. The van der Waals surface area contributed by atoms with Gasteiger partial charge in [-0.25, -0.2) is 28.0 Å². The van der Waals surface area contributed by atoms with Crippen molar-refractivity contribution in [3.8, 4) is 33.9 Å². The SMILES string of the molecule is COc1ncc(-c2ccc3nc(N)c(-c4ccccc4)c(C(=O)O)c3c2)cc1S(=O)(=O)Nc1cccc(OCCNC(=O)OC(C)(C)C)c1. The van der Waals surface area contributed by atoms with E-state index in [2.05, 4.69) is 20.0 Å². The molecule has 0 fully saturated rings. The molecular formula is C35H35N5O8S. The first kappa shape index (κ1) is 34.4. The zero-order valence-corrected chi connectivity index (χ0v) is 28.0. The second-order valence-corrected chi connectivity index (χ2v) is 13.4. The van der Waals surface area contributed by atoms with Crippen molar-refractivity contribution in [1.29, 1.82) is 0 Å². The fourth-order valence-electron chi connectivity index (χ4n) is 5.01. The van der Waals surface area contributed by atoms with Crippen molar-refractivity contribution in [2.75, 3.05) is 30.7 Å². The number of nitrogen functional groups attached to an aromatic ring is 1. The van der Waals surface area contributed by atoms with E-state index in [9.17, 15) is 23.1 Å². The first-order chi connectivity index (χ1) is 23.3. The molecule has 14 heteroatoms. The first-order valence-corrected chi connectivity index (χ1v) is 16.5. The van der Waals surface area contributed by atoms with Crippen LogP contribution in [0.25, 0.3) is 33.2 Å². The number of carbonyl (C=O) groups excluding carboxylic acids is 1. The summed E-state index contributed by atoms with van der Waals surface area (Å²) in [5.41, 5.74) is 7.88. The van der Waals surface area contributed by atoms with Crippen LogP contribution >= 0.6 is 0 Å². The third kappa shape index (κ3) is 8.16. The van der Waals surface area contributed by atoms with Crippen molar-refractivity contribution in [1.82, 2.24) is 15.3 Å². The molecule has 3 aromatic carbocycles. The molecule has 0 spiro atoms. The predicted molar refractivity (Wildman–Crippen MR) is 185 cm³/mol. The van der Waals surface area contributed by atoms with Gasteiger partial charge in [0.2, 0.25) is 5.88 Å². The highest BCUT2D eigenvalue weighted by Gasteiger charge is 2.24. The summed E-state index contributed by atoms with van der Waals surface area (Å²) < 4.78 is 46.1. The second kappa shape index (κ2) is 14.1. The number of hydrogen-bond donors (Lipinski definition) is 4. The number of anilines is 2. The molecule has 0 atom stereocenters. The van der Waals surface area contributed by atoms with Gasteiger partial charge in [0.25, 0.3) is 10.0 Å². The maximum absolute atomic E-state index is 13.7. The quantitative estimate of drug-likeness (QED) is 0.120. The van der Waals surface area contributed by atoms with Crippen molar-refractivity contribution in [2.45, 2.75) is 31.3 Å². The predicted octanol–water partition coefficient (Wildman–Crippen LogP) is 5.96. The fraction of sp³-hybridized carbons (Fsp3) is 0.200. The van der Waals surface area contributed by atoms with Gasteiger partial charge >= 0.3 is 12.1 Å². The Morgan fingerprint density at radius 3 is 2.39 bits per heavy atom. The van der Waals surface area contributed by atoms with Crippen LogP contribution in [0.15, 0.2) is 90.0 Å². The molecule has 0 radical (unpaired) electrons. The molecule has 0 bridgehead atoms. The average molecular weight is 686 g/mol. The molecule has 1 amide bonds. The Hall–Kier alpha value is -5.89. The van der Waals surface area contributed by atoms with Crippen LogP contribution in [0.1, 0.15) is 31.1 Å². The fourth-order valence-corrected chi connectivity index (χ4v) is 6.21. The number of nitrogens with one attached hydrogen (secondary N) is 2. The maximum atomic E-state index is 13.7. The molecule has 0 saturated heterocycles. The molecule has 2 heterocycles. The van der Waals surface area contributed by atoms with E-state index in [1.165, 1.54) is 25.4 Å². The summed E-state index contributed by atoms with van der Waals surface area (Å²) in [7, 11) is -2.96. The van der Waals surface area contributed by atoms with Crippen molar-refractivity contribution >= 4 is 44.5 Å². The Balaban J connectivity index is 1.42. The number of amides is 1. The van der Waals surface area contributed by atoms with Gasteiger partial charge < -0.3 is 30.4 Å². The number of ether oxygens (including phenoxy) is 3. The lowest BCUT2D eigenvalue weighted by atomic mass is 9.94. The molecule has 5 N–H and O–H groups in total. The standard InChI is InChI=1S/C35H35N5O8S/c1-35(2,3)48-34(43)37-15-16-47-25-12-8-11-24(19-25)40-49(44,45)28-18-23(20-38-32(28)46-4)22-13-14-27-26(17-22)30(33(41)42)29(31(36)39-27)21-9-6-5-7-10-21/h5-14,17-20,40H,15-16H2,1-4H3,(H2,36,39)(H,37,43)(H,41,42). The Labute approximate surface area is 283 Å². The summed E-state index contributed by atoms with van der Waals surface area (Å²) in [6.45, 7) is 5.55. The van der Waals surface area contributed by atoms with Gasteiger partial charge in [-0.15, -0.1) is 0 Å². The zero-order valence-electron chi connectivity index (χ0n) is 27.2. The number of fused-ring (bicyclic) bond motifs is 1. The van der Waals surface area contributed by atoms with Crippen LogP contribution in [0, 0.1) is 0 Å². The van der Waals surface area contributed by atoms with E-state index in [0.717, 1.165) is 0 Å². The summed E-state index contributed by atoms with van der Waals surface area (Å²) in [4.78, 5) is 32.9. The Kier molecular flexibility index (Phi) is 9.89. The molecule has 0 unspecified atom stereocenters. The number of aromatic carboxylic acids is 1. The van der Waals surface area contributed by atoms with Crippen LogP contribution in [0.3, 0.4) is 0 Å². The third-order valence-corrected chi connectivity index (χ3v) is 8.42. The molecule has 0 saturated carbocycles. The molecule has 5 aromatic rings. The summed E-state index contributed by atoms with van der Waals surface area (Å²) in [6.07, 6.45) is 0.855. The Morgan fingerprint density at radius 1 is 0.939 bits per heavy atom. The van der Waals surface area contributed by atoms with Gasteiger partial charge in [-0.05, 0) is 62.2 Å². The highest BCUT2D eigenvalue weighted by molar-refractivity contribution is 7.92. The second-order valence-electron chi connectivity index (χ2n) is 11.8. The number of carboxylic acid groups (broad SMARTS) is 1. The minimum Gasteiger partial charge on any atom is -0.492 e.